The van der Waals surface area contributed by atoms with Crippen LogP contribution in [0.2, 0.25) is 0 Å². The Labute approximate surface area is 132 Å². The lowest BCUT2D eigenvalue weighted by Gasteiger charge is -2.32. The van der Waals surface area contributed by atoms with Crippen LogP contribution in [0.3, 0.4) is 0 Å². The number of benzene rings is 1. The van der Waals surface area contributed by atoms with E-state index in [0.29, 0.717) is 30.5 Å². The molecule has 0 bridgehead atoms. The van der Waals surface area contributed by atoms with Crippen molar-refractivity contribution in [1.82, 2.24) is 4.90 Å². The van der Waals surface area contributed by atoms with Crippen LogP contribution in [0.1, 0.15) is 26.7 Å². The second-order valence-corrected chi connectivity index (χ2v) is 6.27. The van der Waals surface area contributed by atoms with E-state index in [0.717, 1.165) is 19.4 Å². The number of likely N-dealkylation sites (tertiary alicyclic amines) is 1. The van der Waals surface area contributed by atoms with Crippen LogP contribution in [0.4, 0.5) is 10.5 Å². The minimum Gasteiger partial charge on any atom is -0.491 e. The van der Waals surface area contributed by atoms with Gasteiger partial charge in [0.15, 0.2) is 0 Å². The van der Waals surface area contributed by atoms with Crippen molar-refractivity contribution < 1.29 is 14.6 Å². The minimum absolute atomic E-state index is 0.126. The van der Waals surface area contributed by atoms with Crippen molar-refractivity contribution in [3.63, 3.8) is 0 Å². The predicted octanol–water partition coefficient (Wildman–Crippen LogP) is 2.96. The first-order valence-electron chi connectivity index (χ1n) is 7.98. The molecule has 0 spiro atoms. The number of aliphatic hydroxyl groups excluding tert-OH is 1. The third-order valence-corrected chi connectivity index (χ3v) is 3.77. The molecule has 1 aliphatic heterocycles. The van der Waals surface area contributed by atoms with Gasteiger partial charge in [0.25, 0.3) is 0 Å². The molecule has 1 heterocycles. The van der Waals surface area contributed by atoms with Gasteiger partial charge in [0.1, 0.15) is 5.75 Å². The predicted molar refractivity (Wildman–Crippen MR) is 87.2 cm³/mol. The van der Waals surface area contributed by atoms with Crippen LogP contribution >= 0.6 is 0 Å². The number of nitrogens with zero attached hydrogens (tertiary/aromatic N) is 1. The van der Waals surface area contributed by atoms with Crippen LogP contribution in [-0.2, 0) is 0 Å². The highest BCUT2D eigenvalue weighted by Crippen LogP contribution is 2.25. The van der Waals surface area contributed by atoms with Gasteiger partial charge >= 0.3 is 6.03 Å². The van der Waals surface area contributed by atoms with E-state index in [-0.39, 0.29) is 18.6 Å². The first kappa shape index (κ1) is 16.6. The number of piperidine rings is 1. The van der Waals surface area contributed by atoms with E-state index in [1.54, 1.807) is 4.90 Å². The van der Waals surface area contributed by atoms with Gasteiger partial charge in [0.2, 0.25) is 0 Å². The van der Waals surface area contributed by atoms with Crippen molar-refractivity contribution in [3.05, 3.63) is 24.3 Å². The van der Waals surface area contributed by atoms with Crippen molar-refractivity contribution in [2.45, 2.75) is 26.7 Å². The van der Waals surface area contributed by atoms with Gasteiger partial charge in [-0.25, -0.2) is 4.79 Å². The van der Waals surface area contributed by atoms with Crippen LogP contribution in [0.5, 0.6) is 5.75 Å². The Morgan fingerprint density at radius 2 is 2.23 bits per heavy atom. The van der Waals surface area contributed by atoms with Gasteiger partial charge in [-0.15, -0.1) is 0 Å². The first-order chi connectivity index (χ1) is 10.6. The molecule has 0 radical (unpaired) electrons. The Bertz CT molecular complexity index is 491. The number of hydrogen-bond acceptors (Lipinski definition) is 3. The Balaban J connectivity index is 1.99. The number of nitrogens with one attached hydrogen (secondary N) is 1. The van der Waals surface area contributed by atoms with Gasteiger partial charge < -0.3 is 20.1 Å². The maximum Gasteiger partial charge on any atom is 0.321 e. The number of aliphatic hydroxyl groups is 1. The number of hydrogen-bond donors (Lipinski definition) is 2. The Morgan fingerprint density at radius 1 is 1.45 bits per heavy atom. The van der Waals surface area contributed by atoms with Gasteiger partial charge in [-0.1, -0.05) is 26.0 Å². The highest BCUT2D eigenvalue weighted by molar-refractivity contribution is 5.91. The lowest BCUT2D eigenvalue weighted by molar-refractivity contribution is 0.136. The number of urea groups is 1. The van der Waals surface area contributed by atoms with Crippen molar-refractivity contribution in [3.8, 4) is 5.75 Å². The summed E-state index contributed by atoms with van der Waals surface area (Å²) in [5, 5.41) is 12.2. The van der Waals surface area contributed by atoms with Crippen molar-refractivity contribution in [2.24, 2.45) is 11.8 Å². The number of carbonyl (C=O) groups is 1. The average molecular weight is 306 g/mol. The highest BCUT2D eigenvalue weighted by Gasteiger charge is 2.23. The third kappa shape index (κ3) is 4.63. The third-order valence-electron chi connectivity index (χ3n) is 3.77. The molecular formula is C17H26N2O3. The van der Waals surface area contributed by atoms with Gasteiger partial charge in [-0.2, -0.15) is 0 Å². The zero-order valence-electron chi connectivity index (χ0n) is 13.4. The first-order valence-corrected chi connectivity index (χ1v) is 7.98. The zero-order chi connectivity index (χ0) is 15.9. The number of para-hydroxylation sites is 2. The lowest BCUT2D eigenvalue weighted by atomic mass is 9.99. The summed E-state index contributed by atoms with van der Waals surface area (Å²) in [5.41, 5.74) is 0.694. The zero-order valence-corrected chi connectivity index (χ0v) is 13.4. The fraction of sp³-hybridized carbons (Fsp3) is 0.588. The molecular weight excluding hydrogens is 280 g/mol. The normalized spacial score (nSPS) is 18.4. The summed E-state index contributed by atoms with van der Waals surface area (Å²) in [5.74, 6) is 1.31. The molecule has 0 aromatic heterocycles. The second kappa shape index (κ2) is 8.03. The molecule has 0 aliphatic carbocycles. The number of amides is 2. The van der Waals surface area contributed by atoms with Gasteiger partial charge in [0, 0.05) is 19.7 Å². The SMILES string of the molecule is CC(C)COc1ccccc1NC(=O)N1CCCC(CO)C1. The number of anilines is 1. The van der Waals surface area contributed by atoms with Crippen LogP contribution in [0, 0.1) is 11.8 Å². The monoisotopic (exact) mass is 306 g/mol. The molecule has 1 aromatic rings. The van der Waals surface area contributed by atoms with Crippen LogP contribution in [-0.4, -0.2) is 42.3 Å². The largest absolute Gasteiger partial charge is 0.491 e. The van der Waals surface area contributed by atoms with E-state index < -0.39 is 0 Å². The Kier molecular flexibility index (Phi) is 6.07. The summed E-state index contributed by atoms with van der Waals surface area (Å²) in [6.07, 6.45) is 1.92. The average Bonchev–Trinajstić information content (AvgIpc) is 2.54. The molecule has 122 valence electrons. The molecule has 1 aromatic carbocycles. The summed E-state index contributed by atoms with van der Waals surface area (Å²) in [4.78, 5) is 14.2. The molecule has 22 heavy (non-hydrogen) atoms. The molecule has 1 unspecified atom stereocenters. The van der Waals surface area contributed by atoms with Gasteiger partial charge in [0.05, 0.1) is 12.3 Å². The molecule has 0 saturated carbocycles. The highest BCUT2D eigenvalue weighted by atomic mass is 16.5. The van der Waals surface area contributed by atoms with Gasteiger partial charge in [-0.3, -0.25) is 0 Å². The van der Waals surface area contributed by atoms with Crippen LogP contribution < -0.4 is 10.1 Å². The molecule has 5 heteroatoms. The maximum atomic E-state index is 12.4. The molecule has 1 saturated heterocycles. The lowest BCUT2D eigenvalue weighted by Crippen LogP contribution is -2.43. The molecule has 2 N–H and O–H groups in total. The summed E-state index contributed by atoms with van der Waals surface area (Å²) in [6.45, 7) is 6.27. The van der Waals surface area contributed by atoms with E-state index in [1.807, 2.05) is 24.3 Å². The van der Waals surface area contributed by atoms with Crippen molar-refractivity contribution in [1.29, 1.82) is 0 Å². The van der Waals surface area contributed by atoms with E-state index in [9.17, 15) is 9.90 Å². The molecule has 5 nitrogen and oxygen atoms in total. The van der Waals surface area contributed by atoms with Crippen LogP contribution in [0.25, 0.3) is 0 Å². The van der Waals surface area contributed by atoms with Crippen LogP contribution in [0.15, 0.2) is 24.3 Å². The van der Waals surface area contributed by atoms with Gasteiger partial charge in [-0.05, 0) is 36.8 Å². The Morgan fingerprint density at radius 3 is 2.95 bits per heavy atom. The fourth-order valence-corrected chi connectivity index (χ4v) is 2.55. The molecule has 1 aliphatic rings. The quantitative estimate of drug-likeness (QED) is 0.879. The molecule has 1 atom stereocenters. The summed E-state index contributed by atoms with van der Waals surface area (Å²) < 4.78 is 5.76. The van der Waals surface area contributed by atoms with E-state index in [4.69, 9.17) is 4.74 Å². The number of rotatable bonds is 5. The topological polar surface area (TPSA) is 61.8 Å². The number of ether oxygens (including phenoxy) is 1. The van der Waals surface area contributed by atoms with E-state index in [2.05, 4.69) is 19.2 Å². The minimum atomic E-state index is -0.126. The fourth-order valence-electron chi connectivity index (χ4n) is 2.55. The van der Waals surface area contributed by atoms with Crippen molar-refractivity contribution >= 4 is 11.7 Å². The van der Waals surface area contributed by atoms with E-state index >= 15 is 0 Å². The number of carbonyl (C=O) groups excluding carboxylic acids is 1. The summed E-state index contributed by atoms with van der Waals surface area (Å²) >= 11 is 0. The van der Waals surface area contributed by atoms with Crippen molar-refractivity contribution in [2.75, 3.05) is 31.6 Å². The molecule has 1 fully saturated rings. The van der Waals surface area contributed by atoms with E-state index in [1.165, 1.54) is 0 Å². The second-order valence-electron chi connectivity index (χ2n) is 6.27. The summed E-state index contributed by atoms with van der Waals surface area (Å²) in [6, 6.07) is 7.36. The molecule has 2 rings (SSSR count). The summed E-state index contributed by atoms with van der Waals surface area (Å²) in [7, 11) is 0. The molecule has 2 amide bonds. The Hall–Kier alpha value is -1.75. The smallest absolute Gasteiger partial charge is 0.321 e. The maximum absolute atomic E-state index is 12.4. The standard InChI is InChI=1S/C17H26N2O3/c1-13(2)12-22-16-8-4-3-7-15(16)18-17(21)19-9-5-6-14(10-19)11-20/h3-4,7-8,13-14,20H,5-6,9-12H2,1-2H3,(H,18,21).